The molecule has 0 fully saturated rings. The maximum Gasteiger partial charge on any atom is 0.321 e. The van der Waals surface area contributed by atoms with Crippen molar-refractivity contribution >= 4 is 23.7 Å². The molecule has 0 saturated carbocycles. The molecule has 0 atom stereocenters. The van der Waals surface area contributed by atoms with Gasteiger partial charge in [-0.1, -0.05) is 11.8 Å². The Hall–Kier alpha value is -1.61. The summed E-state index contributed by atoms with van der Waals surface area (Å²) in [7, 11) is 0. The van der Waals surface area contributed by atoms with E-state index in [-0.39, 0.29) is 11.7 Å². The average Bonchev–Trinajstić information content (AvgIpc) is 2.69. The summed E-state index contributed by atoms with van der Waals surface area (Å²) in [5.74, 6) is 0.466. The fourth-order valence-corrected chi connectivity index (χ4v) is 2.16. The number of carbonyl (C=O) groups excluding carboxylic acids is 2. The number of aromatic nitrogens is 3. The smallest absolute Gasteiger partial charge is 0.321 e. The van der Waals surface area contributed by atoms with Crippen molar-refractivity contribution in [1.82, 2.24) is 25.4 Å². The van der Waals surface area contributed by atoms with Crippen molar-refractivity contribution in [2.45, 2.75) is 25.5 Å². The second kappa shape index (κ2) is 7.74. The predicted octanol–water partition coefficient (Wildman–Crippen LogP) is -0.517. The van der Waals surface area contributed by atoms with Crippen LogP contribution in [0.5, 0.6) is 0 Å². The molecule has 4 N–H and O–H groups in total. The van der Waals surface area contributed by atoms with Crippen LogP contribution in [0, 0.1) is 6.92 Å². The van der Waals surface area contributed by atoms with Gasteiger partial charge in [-0.2, -0.15) is 0 Å². The standard InChI is InChI=1S/C10H18N6O2S/c1-3-12-9(18)13-8(17)6-19-10-15-14-7(2)16(10)5-4-11/h3-6,11H2,1-2H3,(H2,12,13,17,18). The van der Waals surface area contributed by atoms with Crippen LogP contribution in [-0.2, 0) is 11.3 Å². The van der Waals surface area contributed by atoms with Crippen LogP contribution in [0.25, 0.3) is 0 Å². The first-order valence-corrected chi connectivity index (χ1v) is 6.87. The van der Waals surface area contributed by atoms with Crippen LogP contribution in [-0.4, -0.2) is 45.5 Å². The highest BCUT2D eigenvalue weighted by Gasteiger charge is 2.12. The van der Waals surface area contributed by atoms with Gasteiger partial charge in [0.1, 0.15) is 5.82 Å². The average molecular weight is 286 g/mol. The molecular weight excluding hydrogens is 268 g/mol. The fourth-order valence-electron chi connectivity index (χ4n) is 1.35. The zero-order chi connectivity index (χ0) is 14.3. The molecule has 9 heteroatoms. The van der Waals surface area contributed by atoms with Gasteiger partial charge in [0.15, 0.2) is 5.16 Å². The molecule has 0 aromatic carbocycles. The fraction of sp³-hybridized carbons (Fsp3) is 0.600. The third kappa shape index (κ3) is 4.87. The normalized spacial score (nSPS) is 10.3. The van der Waals surface area contributed by atoms with Gasteiger partial charge in [-0.3, -0.25) is 10.1 Å². The van der Waals surface area contributed by atoms with Crippen LogP contribution in [0.1, 0.15) is 12.7 Å². The zero-order valence-corrected chi connectivity index (χ0v) is 11.8. The second-order valence-corrected chi connectivity index (χ2v) is 4.61. The molecule has 1 aromatic heterocycles. The molecular formula is C10H18N6O2S. The number of urea groups is 1. The Bertz CT molecular complexity index is 447. The Morgan fingerprint density at radius 1 is 1.42 bits per heavy atom. The van der Waals surface area contributed by atoms with Crippen LogP contribution in [0.4, 0.5) is 4.79 Å². The number of amides is 3. The van der Waals surface area contributed by atoms with E-state index in [0.717, 1.165) is 5.82 Å². The highest BCUT2D eigenvalue weighted by atomic mass is 32.2. The molecule has 19 heavy (non-hydrogen) atoms. The molecule has 0 saturated heterocycles. The van der Waals surface area contributed by atoms with Crippen molar-refractivity contribution in [2.75, 3.05) is 18.8 Å². The van der Waals surface area contributed by atoms with Crippen molar-refractivity contribution in [3.8, 4) is 0 Å². The molecule has 1 aromatic rings. The van der Waals surface area contributed by atoms with Gasteiger partial charge in [0.05, 0.1) is 5.75 Å². The Morgan fingerprint density at radius 2 is 2.16 bits per heavy atom. The molecule has 8 nitrogen and oxygen atoms in total. The largest absolute Gasteiger partial charge is 0.338 e. The van der Waals surface area contributed by atoms with Crippen molar-refractivity contribution in [3.05, 3.63) is 5.82 Å². The Morgan fingerprint density at radius 3 is 2.79 bits per heavy atom. The summed E-state index contributed by atoms with van der Waals surface area (Å²) in [6.45, 7) is 5.13. The molecule has 0 bridgehead atoms. The monoisotopic (exact) mass is 286 g/mol. The molecule has 1 heterocycles. The number of hydrogen-bond acceptors (Lipinski definition) is 6. The predicted molar refractivity (Wildman–Crippen MR) is 71.8 cm³/mol. The highest BCUT2D eigenvalue weighted by molar-refractivity contribution is 7.99. The summed E-state index contributed by atoms with van der Waals surface area (Å²) in [5, 5.41) is 13.2. The lowest BCUT2D eigenvalue weighted by molar-refractivity contribution is -0.117. The second-order valence-electron chi connectivity index (χ2n) is 3.67. The quantitative estimate of drug-likeness (QED) is 0.606. The molecule has 0 aliphatic heterocycles. The van der Waals surface area contributed by atoms with Crippen molar-refractivity contribution < 1.29 is 9.59 Å². The number of thioether (sulfide) groups is 1. The number of aryl methyl sites for hydroxylation is 1. The van der Waals surface area contributed by atoms with Gasteiger partial charge in [0.2, 0.25) is 5.91 Å². The number of nitrogens with one attached hydrogen (secondary N) is 2. The van der Waals surface area contributed by atoms with E-state index in [1.54, 1.807) is 6.92 Å². The minimum atomic E-state index is -0.493. The van der Waals surface area contributed by atoms with E-state index in [4.69, 9.17) is 5.73 Å². The number of nitrogens with two attached hydrogens (primary N) is 1. The number of imide groups is 1. The minimum Gasteiger partial charge on any atom is -0.338 e. The van der Waals surface area contributed by atoms with E-state index in [1.165, 1.54) is 11.8 Å². The summed E-state index contributed by atoms with van der Waals surface area (Å²) in [6.07, 6.45) is 0. The van der Waals surface area contributed by atoms with E-state index in [2.05, 4.69) is 20.8 Å². The van der Waals surface area contributed by atoms with Crippen LogP contribution in [0.3, 0.4) is 0 Å². The van der Waals surface area contributed by atoms with E-state index >= 15 is 0 Å². The van der Waals surface area contributed by atoms with Gasteiger partial charge < -0.3 is 15.6 Å². The van der Waals surface area contributed by atoms with Gasteiger partial charge in [0.25, 0.3) is 0 Å². The zero-order valence-electron chi connectivity index (χ0n) is 11.0. The first-order chi connectivity index (χ1) is 9.08. The van der Waals surface area contributed by atoms with E-state index in [1.807, 2.05) is 11.5 Å². The maximum atomic E-state index is 11.5. The third-order valence-electron chi connectivity index (χ3n) is 2.18. The maximum absolute atomic E-state index is 11.5. The molecule has 0 radical (unpaired) electrons. The van der Waals surface area contributed by atoms with Gasteiger partial charge >= 0.3 is 6.03 Å². The van der Waals surface area contributed by atoms with Crippen LogP contribution < -0.4 is 16.4 Å². The molecule has 0 unspecified atom stereocenters. The Balaban J connectivity index is 2.48. The van der Waals surface area contributed by atoms with Crippen molar-refractivity contribution in [1.29, 1.82) is 0 Å². The number of carbonyl (C=O) groups is 2. The topological polar surface area (TPSA) is 115 Å². The Kier molecular flexibility index (Phi) is 6.30. The van der Waals surface area contributed by atoms with Gasteiger partial charge in [-0.05, 0) is 13.8 Å². The minimum absolute atomic E-state index is 0.0971. The number of hydrogen-bond donors (Lipinski definition) is 3. The summed E-state index contributed by atoms with van der Waals surface area (Å²) in [6, 6.07) is -0.493. The summed E-state index contributed by atoms with van der Waals surface area (Å²) in [5.41, 5.74) is 5.49. The summed E-state index contributed by atoms with van der Waals surface area (Å²) < 4.78 is 1.84. The van der Waals surface area contributed by atoms with Gasteiger partial charge in [-0.15, -0.1) is 10.2 Å². The molecule has 0 aliphatic rings. The van der Waals surface area contributed by atoms with Crippen molar-refractivity contribution in [3.63, 3.8) is 0 Å². The highest BCUT2D eigenvalue weighted by Crippen LogP contribution is 2.15. The summed E-state index contributed by atoms with van der Waals surface area (Å²) >= 11 is 1.22. The van der Waals surface area contributed by atoms with Gasteiger partial charge in [-0.25, -0.2) is 4.79 Å². The third-order valence-corrected chi connectivity index (χ3v) is 3.14. The van der Waals surface area contributed by atoms with Gasteiger partial charge in [0, 0.05) is 19.6 Å². The molecule has 106 valence electrons. The SMILES string of the molecule is CCNC(=O)NC(=O)CSc1nnc(C)n1CCN. The van der Waals surface area contributed by atoms with Crippen molar-refractivity contribution in [2.24, 2.45) is 5.73 Å². The lowest BCUT2D eigenvalue weighted by Gasteiger charge is -2.06. The molecule has 3 amide bonds. The van der Waals surface area contributed by atoms with E-state index < -0.39 is 6.03 Å². The van der Waals surface area contributed by atoms with E-state index in [0.29, 0.717) is 24.8 Å². The first-order valence-electron chi connectivity index (χ1n) is 5.88. The summed E-state index contributed by atoms with van der Waals surface area (Å²) in [4.78, 5) is 22.6. The number of rotatable bonds is 6. The van der Waals surface area contributed by atoms with Crippen LogP contribution in [0.15, 0.2) is 5.16 Å². The number of nitrogens with zero attached hydrogens (tertiary/aromatic N) is 3. The lowest BCUT2D eigenvalue weighted by Crippen LogP contribution is -2.40. The lowest BCUT2D eigenvalue weighted by atomic mass is 10.6. The van der Waals surface area contributed by atoms with Crippen LogP contribution >= 0.6 is 11.8 Å². The molecule has 0 aliphatic carbocycles. The van der Waals surface area contributed by atoms with Crippen LogP contribution in [0.2, 0.25) is 0 Å². The first kappa shape index (κ1) is 15.4. The molecule has 1 rings (SSSR count). The Labute approximate surface area is 115 Å². The molecule has 0 spiro atoms. The van der Waals surface area contributed by atoms with E-state index in [9.17, 15) is 9.59 Å².